The number of non-ortho nitro benzene ring substituents is 1. The third-order valence-electron chi connectivity index (χ3n) is 3.41. The molecule has 0 amide bonds. The molecular formula is C14H15N3O5S. The van der Waals surface area contributed by atoms with E-state index in [0.717, 1.165) is 0 Å². The molecule has 0 aromatic heterocycles. The first-order chi connectivity index (χ1) is 10.9. The van der Waals surface area contributed by atoms with Crippen molar-refractivity contribution in [3.63, 3.8) is 0 Å². The Labute approximate surface area is 137 Å². The lowest BCUT2D eigenvalue weighted by atomic mass is 9.94. The molecular weight excluding hydrogens is 322 g/mol. The Morgan fingerprint density at radius 2 is 2.09 bits per heavy atom. The van der Waals surface area contributed by atoms with Gasteiger partial charge in [-0.05, 0) is 25.2 Å². The molecule has 2 rings (SSSR count). The van der Waals surface area contributed by atoms with Crippen molar-refractivity contribution < 1.29 is 19.2 Å². The third kappa shape index (κ3) is 3.24. The highest BCUT2D eigenvalue weighted by atomic mass is 32.1. The highest BCUT2D eigenvalue weighted by Gasteiger charge is 2.33. The van der Waals surface area contributed by atoms with Gasteiger partial charge in [0.2, 0.25) is 0 Å². The number of methoxy groups -OCH3 is 2. The van der Waals surface area contributed by atoms with Crippen LogP contribution in [0.1, 0.15) is 18.5 Å². The molecule has 1 heterocycles. The molecule has 0 fully saturated rings. The highest BCUT2D eigenvalue weighted by molar-refractivity contribution is 7.80. The van der Waals surface area contributed by atoms with E-state index in [0.29, 0.717) is 22.1 Å². The smallest absolute Gasteiger partial charge is 0.337 e. The molecule has 1 aliphatic heterocycles. The van der Waals surface area contributed by atoms with Gasteiger partial charge in [-0.25, -0.2) is 4.79 Å². The van der Waals surface area contributed by atoms with E-state index in [1.54, 1.807) is 6.92 Å². The number of nitrogens with zero attached hydrogens (tertiary/aromatic N) is 1. The second-order valence-corrected chi connectivity index (χ2v) is 5.15. The number of benzene rings is 1. The average molecular weight is 337 g/mol. The van der Waals surface area contributed by atoms with Crippen LogP contribution in [-0.2, 0) is 9.53 Å². The predicted octanol–water partition coefficient (Wildman–Crippen LogP) is 1.57. The van der Waals surface area contributed by atoms with Gasteiger partial charge in [0.25, 0.3) is 5.69 Å². The van der Waals surface area contributed by atoms with E-state index in [2.05, 4.69) is 10.6 Å². The first-order valence-corrected chi connectivity index (χ1v) is 6.98. The van der Waals surface area contributed by atoms with Crippen LogP contribution in [0.5, 0.6) is 5.75 Å². The van der Waals surface area contributed by atoms with E-state index in [-0.39, 0.29) is 11.3 Å². The number of nitrogens with one attached hydrogen (secondary N) is 2. The molecule has 0 saturated heterocycles. The molecule has 0 unspecified atom stereocenters. The zero-order valence-electron chi connectivity index (χ0n) is 12.7. The molecule has 0 aliphatic carbocycles. The maximum atomic E-state index is 12.1. The molecule has 23 heavy (non-hydrogen) atoms. The summed E-state index contributed by atoms with van der Waals surface area (Å²) in [6.07, 6.45) is 0. The summed E-state index contributed by atoms with van der Waals surface area (Å²) in [5, 5.41) is 17.1. The van der Waals surface area contributed by atoms with Crippen LogP contribution in [0.2, 0.25) is 0 Å². The number of nitro groups is 1. The van der Waals surface area contributed by atoms with Crippen molar-refractivity contribution in [3.05, 3.63) is 45.1 Å². The standard InChI is InChI=1S/C14H15N3O5S/c1-7-11(13(18)22-3)12(16-14(23)15-7)9-6-8(17(19)20)4-5-10(9)21-2/h4-6,12H,1-3H3,(H2,15,16,23)/t12-/m0/s1. The van der Waals surface area contributed by atoms with Crippen molar-refractivity contribution in [2.45, 2.75) is 13.0 Å². The Morgan fingerprint density at radius 1 is 1.39 bits per heavy atom. The molecule has 1 aliphatic rings. The fraction of sp³-hybridized carbons (Fsp3) is 0.286. The molecule has 1 atom stereocenters. The largest absolute Gasteiger partial charge is 0.496 e. The van der Waals surface area contributed by atoms with Crippen molar-refractivity contribution in [1.29, 1.82) is 0 Å². The number of carbonyl (C=O) groups is 1. The average Bonchev–Trinajstić information content (AvgIpc) is 2.52. The van der Waals surface area contributed by atoms with Gasteiger partial charge in [0.1, 0.15) is 5.75 Å². The quantitative estimate of drug-likeness (QED) is 0.369. The molecule has 8 nitrogen and oxygen atoms in total. The number of allylic oxidation sites excluding steroid dienone is 1. The molecule has 1 aromatic rings. The van der Waals surface area contributed by atoms with Crippen molar-refractivity contribution in [2.24, 2.45) is 0 Å². The van der Waals surface area contributed by atoms with Gasteiger partial charge in [0.15, 0.2) is 5.11 Å². The van der Waals surface area contributed by atoms with Gasteiger partial charge in [-0.15, -0.1) is 0 Å². The van der Waals surface area contributed by atoms with Crippen LogP contribution >= 0.6 is 12.2 Å². The number of thiocarbonyl (C=S) groups is 1. The number of hydrogen-bond acceptors (Lipinski definition) is 6. The summed E-state index contributed by atoms with van der Waals surface area (Å²) in [4.78, 5) is 22.6. The molecule has 0 spiro atoms. The summed E-state index contributed by atoms with van der Waals surface area (Å²) >= 11 is 5.12. The van der Waals surface area contributed by atoms with E-state index < -0.39 is 16.9 Å². The number of rotatable bonds is 4. The minimum atomic E-state index is -0.717. The fourth-order valence-electron chi connectivity index (χ4n) is 2.37. The van der Waals surface area contributed by atoms with Gasteiger partial charge >= 0.3 is 5.97 Å². The van der Waals surface area contributed by atoms with Crippen molar-refractivity contribution in [2.75, 3.05) is 14.2 Å². The van der Waals surface area contributed by atoms with Crippen molar-refractivity contribution >= 4 is 29.0 Å². The number of esters is 1. The second-order valence-electron chi connectivity index (χ2n) is 4.75. The SMILES string of the molecule is COC(=O)C1=C(C)NC(=S)N[C@H]1c1cc([N+](=O)[O-])ccc1OC. The minimum absolute atomic E-state index is 0.117. The molecule has 9 heteroatoms. The molecule has 0 radical (unpaired) electrons. The summed E-state index contributed by atoms with van der Waals surface area (Å²) in [5.74, 6) is -0.171. The first-order valence-electron chi connectivity index (χ1n) is 6.58. The van der Waals surface area contributed by atoms with Crippen LogP contribution in [0.25, 0.3) is 0 Å². The van der Waals surface area contributed by atoms with E-state index >= 15 is 0 Å². The lowest BCUT2D eigenvalue weighted by Crippen LogP contribution is -2.45. The third-order valence-corrected chi connectivity index (χ3v) is 3.63. The zero-order valence-corrected chi connectivity index (χ0v) is 13.5. The maximum Gasteiger partial charge on any atom is 0.337 e. The van der Waals surface area contributed by atoms with Gasteiger partial charge in [0, 0.05) is 23.4 Å². The summed E-state index contributed by atoms with van der Waals surface area (Å²) in [6.45, 7) is 1.68. The lowest BCUT2D eigenvalue weighted by Gasteiger charge is -2.30. The lowest BCUT2D eigenvalue weighted by molar-refractivity contribution is -0.385. The minimum Gasteiger partial charge on any atom is -0.496 e. The Morgan fingerprint density at radius 3 is 2.65 bits per heavy atom. The normalized spacial score (nSPS) is 17.2. The van der Waals surface area contributed by atoms with E-state index in [1.807, 2.05) is 0 Å². The van der Waals surface area contributed by atoms with Crippen molar-refractivity contribution in [3.8, 4) is 5.75 Å². The predicted molar refractivity (Wildman–Crippen MR) is 86.0 cm³/mol. The van der Waals surface area contributed by atoms with Gasteiger partial charge < -0.3 is 20.1 Å². The van der Waals surface area contributed by atoms with Crippen molar-refractivity contribution in [1.82, 2.24) is 10.6 Å². The van der Waals surface area contributed by atoms with Crippen LogP contribution in [0, 0.1) is 10.1 Å². The van der Waals surface area contributed by atoms with Crippen LogP contribution < -0.4 is 15.4 Å². The van der Waals surface area contributed by atoms with Crippen LogP contribution in [-0.4, -0.2) is 30.2 Å². The van der Waals surface area contributed by atoms with Gasteiger partial charge in [0.05, 0.1) is 30.8 Å². The Kier molecular flexibility index (Phi) is 4.80. The maximum absolute atomic E-state index is 12.1. The number of carbonyl (C=O) groups excluding carboxylic acids is 1. The summed E-state index contributed by atoms with van der Waals surface area (Å²) < 4.78 is 10.1. The number of hydrogen-bond donors (Lipinski definition) is 2. The number of nitro benzene ring substituents is 1. The van der Waals surface area contributed by atoms with Gasteiger partial charge in [-0.2, -0.15) is 0 Å². The van der Waals surface area contributed by atoms with E-state index in [4.69, 9.17) is 21.7 Å². The van der Waals surface area contributed by atoms with Gasteiger partial charge in [-0.1, -0.05) is 0 Å². The topological polar surface area (TPSA) is 103 Å². The Hall–Kier alpha value is -2.68. The van der Waals surface area contributed by atoms with Gasteiger partial charge in [-0.3, -0.25) is 10.1 Å². The van der Waals surface area contributed by atoms with Crippen LogP contribution in [0.15, 0.2) is 29.5 Å². The highest BCUT2D eigenvalue weighted by Crippen LogP contribution is 2.35. The molecule has 0 bridgehead atoms. The monoisotopic (exact) mass is 337 g/mol. The zero-order chi connectivity index (χ0) is 17.1. The summed E-state index contributed by atoms with van der Waals surface area (Å²) in [6, 6.07) is 3.44. The molecule has 0 saturated carbocycles. The van der Waals surface area contributed by atoms with E-state index in [1.165, 1.54) is 32.4 Å². The first kappa shape index (κ1) is 16.7. The summed E-state index contributed by atoms with van der Waals surface area (Å²) in [7, 11) is 2.70. The fourth-order valence-corrected chi connectivity index (χ4v) is 2.64. The van der Waals surface area contributed by atoms with E-state index in [9.17, 15) is 14.9 Å². The Bertz CT molecular complexity index is 716. The second kappa shape index (κ2) is 6.61. The van der Waals surface area contributed by atoms with Crippen LogP contribution in [0.4, 0.5) is 5.69 Å². The molecule has 1 aromatic carbocycles. The molecule has 122 valence electrons. The summed E-state index contributed by atoms with van der Waals surface area (Å²) in [5.41, 5.74) is 1.10. The number of ether oxygens (including phenoxy) is 2. The Balaban J connectivity index is 2.63. The molecule has 2 N–H and O–H groups in total. The van der Waals surface area contributed by atoms with Crippen LogP contribution in [0.3, 0.4) is 0 Å².